The Kier molecular flexibility index (Phi) is 6.11. The Morgan fingerprint density at radius 3 is 1.87 bits per heavy atom. The highest BCUT2D eigenvalue weighted by Crippen LogP contribution is 2.29. The van der Waals surface area contributed by atoms with Crippen molar-refractivity contribution < 1.29 is 4.79 Å². The number of hydrogen-bond acceptors (Lipinski definition) is 3. The molecule has 1 heterocycles. The Morgan fingerprint density at radius 1 is 0.742 bits per heavy atom. The molecule has 0 aliphatic carbocycles. The van der Waals surface area contributed by atoms with Gasteiger partial charge >= 0.3 is 0 Å². The number of carbonyl (C=O) groups excluding carboxylic acids is 1. The molecular formula is C27H25N3O. The molecule has 0 saturated heterocycles. The third kappa shape index (κ3) is 4.20. The Balaban J connectivity index is 0.000000152. The van der Waals surface area contributed by atoms with Gasteiger partial charge in [-0.15, -0.1) is 0 Å². The summed E-state index contributed by atoms with van der Waals surface area (Å²) >= 11 is 0. The Labute approximate surface area is 182 Å². The number of aldehydes is 1. The van der Waals surface area contributed by atoms with Crippen molar-refractivity contribution in [3.8, 4) is 0 Å². The third-order valence-electron chi connectivity index (χ3n) is 5.32. The fraction of sp³-hybridized carbons (Fsp3) is 0.0741. The van der Waals surface area contributed by atoms with Gasteiger partial charge in [-0.1, -0.05) is 54.6 Å². The van der Waals surface area contributed by atoms with Gasteiger partial charge in [0.1, 0.15) is 6.29 Å². The van der Waals surface area contributed by atoms with Gasteiger partial charge in [-0.05, 0) is 55.5 Å². The molecule has 0 radical (unpaired) electrons. The molecule has 0 saturated carbocycles. The first kappa shape index (κ1) is 20.4. The van der Waals surface area contributed by atoms with Crippen LogP contribution in [0.2, 0.25) is 0 Å². The van der Waals surface area contributed by atoms with Crippen molar-refractivity contribution in [2.75, 3.05) is 5.01 Å². The lowest BCUT2D eigenvalue weighted by Crippen LogP contribution is -2.24. The highest BCUT2D eigenvalue weighted by molar-refractivity contribution is 6.09. The molecule has 0 atom stereocenters. The second-order valence-corrected chi connectivity index (χ2v) is 7.20. The number of nitrogens with zero attached hydrogens (tertiary/aromatic N) is 2. The predicted octanol–water partition coefficient (Wildman–Crippen LogP) is 6.33. The zero-order valence-corrected chi connectivity index (χ0v) is 17.5. The maximum atomic E-state index is 10.9. The minimum Gasteiger partial charge on any atom is -0.341 e. The summed E-state index contributed by atoms with van der Waals surface area (Å²) in [6, 6.07) is 33.9. The number of rotatable bonds is 4. The largest absolute Gasteiger partial charge is 0.341 e. The summed E-state index contributed by atoms with van der Waals surface area (Å²) in [5, 5.41) is 4.04. The van der Waals surface area contributed by atoms with Crippen LogP contribution in [0.4, 0.5) is 11.4 Å². The van der Waals surface area contributed by atoms with Gasteiger partial charge in [0.15, 0.2) is 0 Å². The highest BCUT2D eigenvalue weighted by Gasteiger charge is 2.09. The van der Waals surface area contributed by atoms with E-state index in [1.54, 1.807) is 5.01 Å². The number of benzene rings is 4. The average Bonchev–Trinajstić information content (AvgIpc) is 3.18. The fourth-order valence-electron chi connectivity index (χ4n) is 3.81. The van der Waals surface area contributed by atoms with Gasteiger partial charge in [-0.25, -0.2) is 5.84 Å². The minimum absolute atomic E-state index is 0.733. The van der Waals surface area contributed by atoms with Gasteiger partial charge in [0.05, 0.1) is 11.4 Å². The van der Waals surface area contributed by atoms with Crippen LogP contribution in [-0.2, 0) is 6.54 Å². The van der Waals surface area contributed by atoms with E-state index in [0.717, 1.165) is 35.2 Å². The topological polar surface area (TPSA) is 51.3 Å². The zero-order chi connectivity index (χ0) is 21.6. The quantitative estimate of drug-likeness (QED) is 0.215. The van der Waals surface area contributed by atoms with Crippen molar-refractivity contribution in [1.29, 1.82) is 0 Å². The minimum atomic E-state index is 0.733. The SMILES string of the molecule is CCn1c2ccccc2c2cc(C=O)ccc21.NN(c1ccccc1)c1ccccc1. The number of hydrazine groups is 1. The van der Waals surface area contributed by atoms with Crippen molar-refractivity contribution in [3.63, 3.8) is 0 Å². The van der Waals surface area contributed by atoms with Gasteiger partial charge in [-0.3, -0.25) is 9.80 Å². The van der Waals surface area contributed by atoms with Gasteiger partial charge in [0, 0.05) is 33.9 Å². The molecule has 5 rings (SSSR count). The molecule has 31 heavy (non-hydrogen) atoms. The summed E-state index contributed by atoms with van der Waals surface area (Å²) < 4.78 is 2.28. The molecule has 0 bridgehead atoms. The molecule has 0 aliphatic rings. The van der Waals surface area contributed by atoms with Crippen LogP contribution in [0.5, 0.6) is 0 Å². The number of aromatic nitrogens is 1. The molecule has 5 aromatic rings. The molecule has 154 valence electrons. The maximum Gasteiger partial charge on any atom is 0.150 e. The smallest absolute Gasteiger partial charge is 0.150 e. The second-order valence-electron chi connectivity index (χ2n) is 7.20. The molecule has 0 unspecified atom stereocenters. The number of carbonyl (C=O) groups is 1. The van der Waals surface area contributed by atoms with Gasteiger partial charge in [-0.2, -0.15) is 0 Å². The molecular weight excluding hydrogens is 382 g/mol. The Morgan fingerprint density at radius 2 is 1.29 bits per heavy atom. The number of aryl methyl sites for hydroxylation is 1. The number of fused-ring (bicyclic) bond motifs is 3. The Hall–Kier alpha value is -3.89. The number of nitrogens with two attached hydrogens (primary N) is 1. The summed E-state index contributed by atoms with van der Waals surface area (Å²) in [6.45, 7) is 3.07. The van der Waals surface area contributed by atoms with E-state index in [4.69, 9.17) is 5.84 Å². The maximum absolute atomic E-state index is 10.9. The molecule has 4 aromatic carbocycles. The van der Waals surface area contributed by atoms with Crippen LogP contribution in [0.15, 0.2) is 103 Å². The van der Waals surface area contributed by atoms with E-state index in [0.29, 0.717) is 0 Å². The van der Waals surface area contributed by atoms with Crippen LogP contribution < -0.4 is 10.9 Å². The zero-order valence-electron chi connectivity index (χ0n) is 17.5. The number of para-hydroxylation sites is 3. The molecule has 0 fully saturated rings. The lowest BCUT2D eigenvalue weighted by atomic mass is 10.1. The van der Waals surface area contributed by atoms with Crippen LogP contribution >= 0.6 is 0 Å². The van der Waals surface area contributed by atoms with Crippen LogP contribution in [0.25, 0.3) is 21.8 Å². The van der Waals surface area contributed by atoms with Gasteiger partial charge in [0.25, 0.3) is 0 Å². The molecule has 2 N–H and O–H groups in total. The normalized spacial score (nSPS) is 10.5. The van der Waals surface area contributed by atoms with E-state index >= 15 is 0 Å². The highest BCUT2D eigenvalue weighted by atomic mass is 16.1. The average molecular weight is 408 g/mol. The first-order valence-electron chi connectivity index (χ1n) is 10.3. The van der Waals surface area contributed by atoms with E-state index in [1.807, 2.05) is 91.0 Å². The monoisotopic (exact) mass is 407 g/mol. The van der Waals surface area contributed by atoms with E-state index in [1.165, 1.54) is 16.4 Å². The summed E-state index contributed by atoms with van der Waals surface area (Å²) in [5.74, 6) is 5.95. The summed E-state index contributed by atoms with van der Waals surface area (Å²) in [7, 11) is 0. The molecule has 0 aliphatic heterocycles. The lowest BCUT2D eigenvalue weighted by Gasteiger charge is -2.18. The van der Waals surface area contributed by atoms with Crippen molar-refractivity contribution >= 4 is 39.5 Å². The molecule has 0 spiro atoms. The van der Waals surface area contributed by atoms with Crippen molar-refractivity contribution in [1.82, 2.24) is 4.57 Å². The Bertz CT molecular complexity index is 1250. The second kappa shape index (κ2) is 9.28. The predicted molar refractivity (Wildman–Crippen MR) is 130 cm³/mol. The first-order chi connectivity index (χ1) is 15.2. The van der Waals surface area contributed by atoms with E-state index in [-0.39, 0.29) is 0 Å². The van der Waals surface area contributed by atoms with Gasteiger partial charge < -0.3 is 4.57 Å². The summed E-state index contributed by atoms with van der Waals surface area (Å²) in [6.07, 6.45) is 0.900. The van der Waals surface area contributed by atoms with Crippen molar-refractivity contribution in [2.45, 2.75) is 13.5 Å². The summed E-state index contributed by atoms with van der Waals surface area (Å²) in [4.78, 5) is 10.9. The summed E-state index contributed by atoms with van der Waals surface area (Å²) in [5.41, 5.74) is 5.13. The van der Waals surface area contributed by atoms with Crippen LogP contribution in [0.1, 0.15) is 17.3 Å². The van der Waals surface area contributed by atoms with E-state index in [2.05, 4.69) is 23.6 Å². The van der Waals surface area contributed by atoms with E-state index in [9.17, 15) is 4.79 Å². The lowest BCUT2D eigenvalue weighted by molar-refractivity contribution is 0.112. The third-order valence-corrected chi connectivity index (χ3v) is 5.32. The van der Waals surface area contributed by atoms with Crippen LogP contribution in [0.3, 0.4) is 0 Å². The van der Waals surface area contributed by atoms with Crippen LogP contribution in [0, 0.1) is 0 Å². The fourth-order valence-corrected chi connectivity index (χ4v) is 3.81. The van der Waals surface area contributed by atoms with Crippen molar-refractivity contribution in [3.05, 3.63) is 109 Å². The molecule has 1 aromatic heterocycles. The first-order valence-corrected chi connectivity index (χ1v) is 10.3. The molecule has 4 nitrogen and oxygen atoms in total. The van der Waals surface area contributed by atoms with Crippen molar-refractivity contribution in [2.24, 2.45) is 5.84 Å². The number of anilines is 2. The number of hydrogen-bond donors (Lipinski definition) is 1. The van der Waals surface area contributed by atoms with Crippen LogP contribution in [-0.4, -0.2) is 10.9 Å². The molecule has 4 heteroatoms. The van der Waals surface area contributed by atoms with E-state index < -0.39 is 0 Å². The standard InChI is InChI=1S/C15H13NO.C12H12N2/c1-2-16-14-6-4-3-5-12(14)13-9-11(10-17)7-8-15(13)16;13-14(11-7-3-1-4-8-11)12-9-5-2-6-10-12/h3-10H,2H2,1H3;1-10H,13H2. The van der Waals surface area contributed by atoms with Gasteiger partial charge in [0.2, 0.25) is 0 Å². The molecule has 0 amide bonds.